The van der Waals surface area contributed by atoms with Crippen LogP contribution in [0.5, 0.6) is 0 Å². The van der Waals surface area contributed by atoms with E-state index < -0.39 is 0 Å². The lowest BCUT2D eigenvalue weighted by Gasteiger charge is -2.41. The van der Waals surface area contributed by atoms with Gasteiger partial charge in [0.1, 0.15) is 0 Å². The number of pyridine rings is 1. The summed E-state index contributed by atoms with van der Waals surface area (Å²) in [5.41, 5.74) is 1.37. The molecule has 2 aromatic rings. The number of aromatic nitrogens is 1. The summed E-state index contributed by atoms with van der Waals surface area (Å²) in [4.78, 5) is 6.46. The van der Waals surface area contributed by atoms with Crippen molar-refractivity contribution in [1.82, 2.24) is 9.88 Å². The molecule has 0 unspecified atom stereocenters. The van der Waals surface area contributed by atoms with Gasteiger partial charge >= 0.3 is 0 Å². The van der Waals surface area contributed by atoms with Crippen LogP contribution in [0.25, 0.3) is 0 Å². The van der Waals surface area contributed by atoms with Crippen molar-refractivity contribution in [1.29, 1.82) is 0 Å². The van der Waals surface area contributed by atoms with E-state index in [4.69, 9.17) is 0 Å². The largest absolute Gasteiger partial charge is 0.367 e. The molecule has 1 fully saturated rings. The molecule has 0 bridgehead atoms. The maximum atomic E-state index is 13.8. The number of hydrogen-bond acceptors (Lipinski definition) is 3. The lowest BCUT2D eigenvalue weighted by Crippen LogP contribution is -2.45. The molecule has 1 N–H and O–H groups in total. The first-order valence-electron chi connectivity index (χ1n) is 7.78. The predicted molar refractivity (Wildman–Crippen MR) is 87.5 cm³/mol. The number of rotatable bonds is 4. The second kappa shape index (κ2) is 6.44. The summed E-state index contributed by atoms with van der Waals surface area (Å²) in [5.74, 6) is 0.0513. The molecule has 0 saturated carbocycles. The molecular weight excluding hydrogens is 277 g/mol. The van der Waals surface area contributed by atoms with Crippen LogP contribution in [0, 0.1) is 5.82 Å². The molecular formula is C18H22FN3. The Balaban J connectivity index is 1.82. The number of halogens is 1. The Morgan fingerprint density at radius 3 is 2.55 bits per heavy atom. The average Bonchev–Trinajstić information content (AvgIpc) is 2.57. The molecule has 2 heterocycles. The predicted octanol–water partition coefficient (Wildman–Crippen LogP) is 3.30. The van der Waals surface area contributed by atoms with Crippen LogP contribution in [0.15, 0.2) is 48.7 Å². The van der Waals surface area contributed by atoms with Crippen LogP contribution in [0.4, 0.5) is 10.2 Å². The van der Waals surface area contributed by atoms with Gasteiger partial charge in [-0.05, 0) is 50.7 Å². The van der Waals surface area contributed by atoms with Gasteiger partial charge in [-0.15, -0.1) is 0 Å². The fourth-order valence-corrected chi connectivity index (χ4v) is 3.17. The second-order valence-electron chi connectivity index (χ2n) is 6.14. The Bertz CT molecular complexity index is 607. The first kappa shape index (κ1) is 15.0. The average molecular weight is 299 g/mol. The van der Waals surface area contributed by atoms with Gasteiger partial charge in [-0.2, -0.15) is 0 Å². The molecule has 116 valence electrons. The Hall–Kier alpha value is -1.94. The Labute approximate surface area is 131 Å². The Morgan fingerprint density at radius 1 is 1.14 bits per heavy atom. The lowest BCUT2D eigenvalue weighted by atomic mass is 9.72. The van der Waals surface area contributed by atoms with Crippen molar-refractivity contribution in [2.45, 2.75) is 18.3 Å². The van der Waals surface area contributed by atoms with Gasteiger partial charge in [0.2, 0.25) is 0 Å². The first-order chi connectivity index (χ1) is 10.7. The summed E-state index contributed by atoms with van der Waals surface area (Å²) in [6.07, 6.45) is 3.75. The van der Waals surface area contributed by atoms with Crippen molar-refractivity contribution < 1.29 is 4.39 Å². The van der Waals surface area contributed by atoms with Crippen molar-refractivity contribution in [3.63, 3.8) is 0 Å². The molecule has 0 atom stereocenters. The van der Waals surface area contributed by atoms with Crippen LogP contribution < -0.4 is 5.32 Å². The van der Waals surface area contributed by atoms with Gasteiger partial charge in [0, 0.05) is 18.2 Å². The summed E-state index contributed by atoms with van der Waals surface area (Å²) in [7, 11) is 2.15. The van der Waals surface area contributed by atoms with Gasteiger partial charge in [-0.25, -0.2) is 9.37 Å². The minimum atomic E-state index is -0.293. The number of benzene rings is 1. The minimum absolute atomic E-state index is 0.0394. The van der Waals surface area contributed by atoms with E-state index in [1.807, 2.05) is 6.07 Å². The number of likely N-dealkylation sites (tertiary alicyclic amines) is 1. The summed E-state index contributed by atoms with van der Waals surface area (Å²) < 4.78 is 13.8. The van der Waals surface area contributed by atoms with Crippen molar-refractivity contribution in [3.05, 3.63) is 60.0 Å². The van der Waals surface area contributed by atoms with Crippen molar-refractivity contribution in [3.8, 4) is 0 Å². The van der Waals surface area contributed by atoms with Crippen molar-refractivity contribution >= 4 is 5.82 Å². The fourth-order valence-electron chi connectivity index (χ4n) is 3.17. The minimum Gasteiger partial charge on any atom is -0.367 e. The highest BCUT2D eigenvalue weighted by molar-refractivity contribution is 5.38. The van der Waals surface area contributed by atoms with Crippen LogP contribution in [0.3, 0.4) is 0 Å². The number of nitrogens with zero attached hydrogens (tertiary/aromatic N) is 2. The molecule has 0 aliphatic carbocycles. The molecule has 1 aromatic heterocycles. The van der Waals surface area contributed by atoms with E-state index in [1.165, 1.54) is 11.6 Å². The van der Waals surface area contributed by atoms with Crippen LogP contribution in [-0.2, 0) is 5.41 Å². The molecule has 1 saturated heterocycles. The fraction of sp³-hybridized carbons (Fsp3) is 0.389. The zero-order chi connectivity index (χ0) is 15.4. The van der Waals surface area contributed by atoms with Crippen LogP contribution in [0.2, 0.25) is 0 Å². The van der Waals surface area contributed by atoms with E-state index >= 15 is 0 Å². The third-order valence-corrected chi connectivity index (χ3v) is 4.68. The number of hydrogen-bond donors (Lipinski definition) is 1. The highest BCUT2D eigenvalue weighted by atomic mass is 19.1. The maximum absolute atomic E-state index is 13.8. The molecule has 3 rings (SSSR count). The SMILES string of the molecule is CN1CCC(CNc2ncccc2F)(c2ccccc2)CC1. The Morgan fingerprint density at radius 2 is 1.86 bits per heavy atom. The number of nitrogens with one attached hydrogen (secondary N) is 1. The normalized spacial score (nSPS) is 18.1. The van der Waals surface area contributed by atoms with Crippen LogP contribution in [-0.4, -0.2) is 36.6 Å². The first-order valence-corrected chi connectivity index (χ1v) is 7.78. The molecule has 22 heavy (non-hydrogen) atoms. The second-order valence-corrected chi connectivity index (χ2v) is 6.14. The maximum Gasteiger partial charge on any atom is 0.165 e. The number of anilines is 1. The highest BCUT2D eigenvalue weighted by Gasteiger charge is 2.35. The monoisotopic (exact) mass is 299 g/mol. The van der Waals surface area contributed by atoms with Crippen molar-refractivity contribution in [2.24, 2.45) is 0 Å². The van der Waals surface area contributed by atoms with Crippen LogP contribution >= 0.6 is 0 Å². The molecule has 1 aromatic carbocycles. The third-order valence-electron chi connectivity index (χ3n) is 4.68. The lowest BCUT2D eigenvalue weighted by molar-refractivity contribution is 0.195. The standard InChI is InChI=1S/C18H22FN3/c1-22-12-9-18(10-13-22,15-6-3-2-4-7-15)14-21-17-16(19)8-5-11-20-17/h2-8,11H,9-10,12-14H2,1H3,(H,20,21). The van der Waals surface area contributed by atoms with Crippen LogP contribution in [0.1, 0.15) is 18.4 Å². The molecule has 1 aliphatic heterocycles. The molecule has 3 nitrogen and oxygen atoms in total. The van der Waals surface area contributed by atoms with Gasteiger partial charge in [-0.1, -0.05) is 30.3 Å². The quantitative estimate of drug-likeness (QED) is 0.939. The molecule has 0 spiro atoms. The number of piperidine rings is 1. The topological polar surface area (TPSA) is 28.2 Å². The van der Waals surface area contributed by atoms with E-state index in [9.17, 15) is 4.39 Å². The summed E-state index contributed by atoms with van der Waals surface area (Å²) in [6, 6.07) is 13.6. The molecule has 4 heteroatoms. The van der Waals surface area contributed by atoms with Crippen molar-refractivity contribution in [2.75, 3.05) is 32.0 Å². The molecule has 0 radical (unpaired) electrons. The third kappa shape index (κ3) is 3.12. The smallest absolute Gasteiger partial charge is 0.165 e. The van der Waals surface area contributed by atoms with E-state index in [0.29, 0.717) is 12.4 Å². The van der Waals surface area contributed by atoms with Gasteiger partial charge in [0.25, 0.3) is 0 Å². The van der Waals surface area contributed by atoms with Gasteiger partial charge in [0.15, 0.2) is 11.6 Å². The zero-order valence-corrected chi connectivity index (χ0v) is 12.9. The van der Waals surface area contributed by atoms with E-state index in [2.05, 4.69) is 46.5 Å². The Kier molecular flexibility index (Phi) is 4.39. The zero-order valence-electron chi connectivity index (χ0n) is 12.9. The van der Waals surface area contributed by atoms with Gasteiger partial charge < -0.3 is 10.2 Å². The molecule has 1 aliphatic rings. The van der Waals surface area contributed by atoms with E-state index in [0.717, 1.165) is 25.9 Å². The summed E-state index contributed by atoms with van der Waals surface area (Å²) in [6.45, 7) is 2.82. The van der Waals surface area contributed by atoms with Gasteiger partial charge in [-0.3, -0.25) is 0 Å². The van der Waals surface area contributed by atoms with E-state index in [1.54, 1.807) is 12.3 Å². The van der Waals surface area contributed by atoms with Gasteiger partial charge in [0.05, 0.1) is 0 Å². The summed E-state index contributed by atoms with van der Waals surface area (Å²) >= 11 is 0. The highest BCUT2D eigenvalue weighted by Crippen LogP contribution is 2.35. The van der Waals surface area contributed by atoms with E-state index in [-0.39, 0.29) is 11.2 Å². The molecule has 0 amide bonds. The summed E-state index contributed by atoms with van der Waals surface area (Å²) in [5, 5.41) is 3.23.